The summed E-state index contributed by atoms with van der Waals surface area (Å²) in [4.78, 5) is 18.6. The zero-order valence-electron chi connectivity index (χ0n) is 15.4. The lowest BCUT2D eigenvalue weighted by Gasteiger charge is -2.32. The Hall–Kier alpha value is -2.40. The van der Waals surface area contributed by atoms with Gasteiger partial charge in [0.15, 0.2) is 6.61 Å². The summed E-state index contributed by atoms with van der Waals surface area (Å²) < 4.78 is 5.60. The number of piperidine rings is 1. The number of amides is 1. The largest absolute Gasteiger partial charge is 0.484 e. The summed E-state index contributed by atoms with van der Waals surface area (Å²) in [7, 11) is 0. The van der Waals surface area contributed by atoms with Crippen molar-refractivity contribution in [1.82, 2.24) is 15.2 Å². The minimum atomic E-state index is -0.0486. The van der Waals surface area contributed by atoms with Crippen LogP contribution in [0.4, 0.5) is 0 Å². The number of benzene rings is 1. The maximum Gasteiger partial charge on any atom is 0.257 e. The van der Waals surface area contributed by atoms with Gasteiger partial charge in [0.05, 0.1) is 0 Å². The second kappa shape index (κ2) is 9.34. The molecule has 138 valence electrons. The van der Waals surface area contributed by atoms with E-state index >= 15 is 0 Å². The molecule has 1 aromatic carbocycles. The molecule has 1 amide bonds. The number of hydrogen-bond donors (Lipinski definition) is 1. The van der Waals surface area contributed by atoms with Gasteiger partial charge in [-0.1, -0.05) is 18.2 Å². The summed E-state index contributed by atoms with van der Waals surface area (Å²) in [5, 5.41) is 3.02. The van der Waals surface area contributed by atoms with Crippen LogP contribution in [0.3, 0.4) is 0 Å². The van der Waals surface area contributed by atoms with Crippen LogP contribution in [0.15, 0.2) is 48.8 Å². The van der Waals surface area contributed by atoms with Crippen molar-refractivity contribution in [2.24, 2.45) is 5.92 Å². The third-order valence-corrected chi connectivity index (χ3v) is 4.90. The van der Waals surface area contributed by atoms with Gasteiger partial charge in [-0.2, -0.15) is 0 Å². The molecule has 1 fully saturated rings. The Morgan fingerprint density at radius 3 is 2.65 bits per heavy atom. The number of nitrogens with one attached hydrogen (secondary N) is 1. The Kier molecular flexibility index (Phi) is 6.61. The van der Waals surface area contributed by atoms with Gasteiger partial charge in [0.2, 0.25) is 0 Å². The van der Waals surface area contributed by atoms with E-state index in [2.05, 4.69) is 27.3 Å². The van der Waals surface area contributed by atoms with Crippen molar-refractivity contribution < 1.29 is 9.53 Å². The predicted molar refractivity (Wildman–Crippen MR) is 102 cm³/mol. The molecule has 1 saturated heterocycles. The van der Waals surface area contributed by atoms with Crippen molar-refractivity contribution in [1.29, 1.82) is 0 Å². The third-order valence-electron chi connectivity index (χ3n) is 4.90. The number of aryl methyl sites for hydroxylation is 1. The minimum Gasteiger partial charge on any atom is -0.484 e. The highest BCUT2D eigenvalue weighted by Gasteiger charge is 2.19. The van der Waals surface area contributed by atoms with E-state index in [1.807, 2.05) is 43.6 Å². The lowest BCUT2D eigenvalue weighted by molar-refractivity contribution is -0.123. The number of hydrogen-bond acceptors (Lipinski definition) is 4. The molecule has 1 aliphatic rings. The molecule has 1 aliphatic heterocycles. The van der Waals surface area contributed by atoms with Crippen molar-refractivity contribution in [2.45, 2.75) is 26.3 Å². The summed E-state index contributed by atoms with van der Waals surface area (Å²) >= 11 is 0. The molecule has 5 heteroatoms. The van der Waals surface area contributed by atoms with Crippen LogP contribution in [0.25, 0.3) is 0 Å². The normalized spacial score (nSPS) is 15.6. The van der Waals surface area contributed by atoms with Crippen LogP contribution >= 0.6 is 0 Å². The number of rotatable bonds is 7. The van der Waals surface area contributed by atoms with Crippen LogP contribution < -0.4 is 10.1 Å². The van der Waals surface area contributed by atoms with Crippen molar-refractivity contribution in [3.05, 3.63) is 59.9 Å². The molecule has 2 heterocycles. The number of pyridine rings is 1. The van der Waals surface area contributed by atoms with E-state index in [0.29, 0.717) is 5.92 Å². The maximum absolute atomic E-state index is 12.0. The van der Waals surface area contributed by atoms with E-state index < -0.39 is 0 Å². The first-order valence-electron chi connectivity index (χ1n) is 9.27. The van der Waals surface area contributed by atoms with E-state index in [1.165, 1.54) is 5.56 Å². The van der Waals surface area contributed by atoms with Gasteiger partial charge in [-0.25, -0.2) is 0 Å². The van der Waals surface area contributed by atoms with Crippen LogP contribution in [0, 0.1) is 12.8 Å². The van der Waals surface area contributed by atoms with E-state index in [9.17, 15) is 4.79 Å². The Bertz CT molecular complexity index is 697. The number of ether oxygens (including phenoxy) is 1. The molecule has 0 atom stereocenters. The van der Waals surface area contributed by atoms with Crippen molar-refractivity contribution in [3.63, 3.8) is 0 Å². The van der Waals surface area contributed by atoms with Gasteiger partial charge in [0.25, 0.3) is 5.91 Å². The lowest BCUT2D eigenvalue weighted by Crippen LogP contribution is -2.39. The van der Waals surface area contributed by atoms with E-state index in [0.717, 1.165) is 50.3 Å². The molecule has 5 nitrogen and oxygen atoms in total. The molecule has 2 aromatic rings. The fraction of sp³-hybridized carbons (Fsp3) is 0.429. The van der Waals surface area contributed by atoms with Gasteiger partial charge in [-0.15, -0.1) is 0 Å². The van der Waals surface area contributed by atoms with Gasteiger partial charge in [-0.05, 0) is 68.1 Å². The first-order valence-corrected chi connectivity index (χ1v) is 9.27. The van der Waals surface area contributed by atoms with Crippen molar-refractivity contribution >= 4 is 5.91 Å². The lowest BCUT2D eigenvalue weighted by atomic mass is 9.96. The molecule has 1 N–H and O–H groups in total. The zero-order valence-corrected chi connectivity index (χ0v) is 15.4. The van der Waals surface area contributed by atoms with Crippen LogP contribution in [-0.2, 0) is 11.3 Å². The summed E-state index contributed by atoms with van der Waals surface area (Å²) in [6.07, 6.45) is 5.92. The molecule has 0 aliphatic carbocycles. The van der Waals surface area contributed by atoms with Crippen LogP contribution in [0.5, 0.6) is 5.75 Å². The van der Waals surface area contributed by atoms with Crippen LogP contribution in [0.2, 0.25) is 0 Å². The second-order valence-corrected chi connectivity index (χ2v) is 6.93. The van der Waals surface area contributed by atoms with Crippen molar-refractivity contribution in [3.8, 4) is 5.75 Å². The number of carbonyl (C=O) groups excluding carboxylic acids is 1. The van der Waals surface area contributed by atoms with Gasteiger partial charge < -0.3 is 10.1 Å². The molecule has 1 aromatic heterocycles. The van der Waals surface area contributed by atoms with Gasteiger partial charge in [0, 0.05) is 25.5 Å². The highest BCUT2D eigenvalue weighted by atomic mass is 16.5. The van der Waals surface area contributed by atoms with E-state index in [1.54, 1.807) is 0 Å². The molecule has 0 spiro atoms. The first-order chi connectivity index (χ1) is 12.7. The Morgan fingerprint density at radius 1 is 1.19 bits per heavy atom. The number of nitrogens with zero attached hydrogens (tertiary/aromatic N) is 2. The highest BCUT2D eigenvalue weighted by Crippen LogP contribution is 2.18. The number of aromatic nitrogens is 1. The minimum absolute atomic E-state index is 0.0486. The second-order valence-electron chi connectivity index (χ2n) is 6.93. The fourth-order valence-electron chi connectivity index (χ4n) is 3.27. The molecular formula is C21H27N3O2. The zero-order chi connectivity index (χ0) is 18.2. The number of likely N-dealkylation sites (tertiary alicyclic amines) is 1. The van der Waals surface area contributed by atoms with Gasteiger partial charge in [-0.3, -0.25) is 14.7 Å². The van der Waals surface area contributed by atoms with Crippen LogP contribution in [-0.4, -0.2) is 42.0 Å². The first kappa shape index (κ1) is 18.4. The van der Waals surface area contributed by atoms with Crippen molar-refractivity contribution in [2.75, 3.05) is 26.2 Å². The Balaban J connectivity index is 1.33. The third kappa shape index (κ3) is 5.56. The van der Waals surface area contributed by atoms with E-state index in [-0.39, 0.29) is 12.5 Å². The molecule has 0 unspecified atom stereocenters. The average molecular weight is 353 g/mol. The smallest absolute Gasteiger partial charge is 0.257 e. The fourth-order valence-corrected chi connectivity index (χ4v) is 3.27. The molecule has 0 radical (unpaired) electrons. The standard InChI is InChI=1S/C21H27N3O2/c1-17-4-2-3-5-20(17)26-16-21(25)23-14-18-8-12-24(13-9-18)15-19-6-10-22-11-7-19/h2-7,10-11,18H,8-9,12-16H2,1H3,(H,23,25). The molecule has 26 heavy (non-hydrogen) atoms. The highest BCUT2D eigenvalue weighted by molar-refractivity contribution is 5.77. The molecular weight excluding hydrogens is 326 g/mol. The van der Waals surface area contributed by atoms with E-state index in [4.69, 9.17) is 4.74 Å². The summed E-state index contributed by atoms with van der Waals surface area (Å²) in [6, 6.07) is 11.9. The van der Waals surface area contributed by atoms with Gasteiger partial charge >= 0.3 is 0 Å². The topological polar surface area (TPSA) is 54.5 Å². The van der Waals surface area contributed by atoms with Crippen LogP contribution in [0.1, 0.15) is 24.0 Å². The summed E-state index contributed by atoms with van der Waals surface area (Å²) in [5.41, 5.74) is 2.35. The summed E-state index contributed by atoms with van der Waals surface area (Å²) in [5.74, 6) is 1.27. The average Bonchev–Trinajstić information content (AvgIpc) is 2.68. The molecule has 0 bridgehead atoms. The molecule has 3 rings (SSSR count). The predicted octanol–water partition coefficient (Wildman–Crippen LogP) is 2.80. The van der Waals surface area contributed by atoms with Gasteiger partial charge in [0.1, 0.15) is 5.75 Å². The Morgan fingerprint density at radius 2 is 1.92 bits per heavy atom. The maximum atomic E-state index is 12.0. The SMILES string of the molecule is Cc1ccccc1OCC(=O)NCC1CCN(Cc2ccncc2)CC1. The number of carbonyl (C=O) groups is 1. The quantitative estimate of drug-likeness (QED) is 0.832. The monoisotopic (exact) mass is 353 g/mol. The Labute approximate surface area is 155 Å². The summed E-state index contributed by atoms with van der Waals surface area (Å²) in [6.45, 7) is 5.91. The molecule has 0 saturated carbocycles. The number of para-hydroxylation sites is 1.